The molecule has 0 aromatic heterocycles. The second-order valence-corrected chi connectivity index (χ2v) is 3.63. The molecule has 1 nitrogen and oxygen atoms in total. The van der Waals surface area contributed by atoms with Crippen LogP contribution in [0.4, 0.5) is 13.2 Å². The molecule has 0 fully saturated rings. The van der Waals surface area contributed by atoms with E-state index >= 15 is 0 Å². The van der Waals surface area contributed by atoms with Gasteiger partial charge in [0.05, 0.1) is 0 Å². The first kappa shape index (κ1) is 12.9. The second kappa shape index (κ2) is 4.76. The molecule has 0 bridgehead atoms. The quantitative estimate of drug-likeness (QED) is 0.761. The number of benzene rings is 1. The van der Waals surface area contributed by atoms with Crippen LogP contribution in [-0.4, -0.2) is 6.36 Å². The van der Waals surface area contributed by atoms with Crippen molar-refractivity contribution in [2.45, 2.75) is 32.5 Å². The second-order valence-electron chi connectivity index (χ2n) is 3.63. The number of alkyl halides is 3. The summed E-state index contributed by atoms with van der Waals surface area (Å²) < 4.78 is 40.4. The Morgan fingerprint density at radius 3 is 2.44 bits per heavy atom. The molecule has 0 amide bonds. The summed E-state index contributed by atoms with van der Waals surface area (Å²) in [6.45, 7) is 7.45. The van der Waals surface area contributed by atoms with Gasteiger partial charge in [-0.3, -0.25) is 0 Å². The minimum atomic E-state index is -4.65. The first-order valence-electron chi connectivity index (χ1n) is 5.05. The lowest BCUT2D eigenvalue weighted by molar-refractivity contribution is -0.274. The summed E-state index contributed by atoms with van der Waals surface area (Å²) in [7, 11) is 0. The molecule has 4 heteroatoms. The number of rotatable bonds is 3. The fraction of sp³-hybridized carbons (Fsp3) is 0.417. The molecule has 1 atom stereocenters. The highest BCUT2D eigenvalue weighted by Crippen LogP contribution is 2.31. The first-order valence-corrected chi connectivity index (χ1v) is 5.05. The number of halogens is 3. The minimum Gasteiger partial charge on any atom is -0.405 e. The van der Waals surface area contributed by atoms with Gasteiger partial charge >= 0.3 is 6.36 Å². The van der Waals surface area contributed by atoms with Crippen molar-refractivity contribution in [2.75, 3.05) is 0 Å². The zero-order chi connectivity index (χ0) is 12.3. The highest BCUT2D eigenvalue weighted by atomic mass is 19.4. The van der Waals surface area contributed by atoms with Crippen molar-refractivity contribution in [3.05, 3.63) is 36.2 Å². The van der Waals surface area contributed by atoms with Crippen LogP contribution < -0.4 is 4.74 Å². The Labute approximate surface area is 93.2 Å². The molecule has 1 aromatic carbocycles. The van der Waals surface area contributed by atoms with Gasteiger partial charge < -0.3 is 4.74 Å². The van der Waals surface area contributed by atoms with E-state index in [0.717, 1.165) is 5.56 Å². The Kier molecular flexibility index (Phi) is 3.83. The predicted molar refractivity (Wildman–Crippen MR) is 56.3 cm³/mol. The van der Waals surface area contributed by atoms with Crippen LogP contribution in [0.25, 0.3) is 0 Å². The summed E-state index contributed by atoms with van der Waals surface area (Å²) in [5.74, 6) is -0.185. The van der Waals surface area contributed by atoms with E-state index in [-0.39, 0.29) is 11.7 Å². The summed E-state index contributed by atoms with van der Waals surface area (Å²) in [6, 6.07) is 4.66. The lowest BCUT2D eigenvalue weighted by Crippen LogP contribution is -2.18. The van der Waals surface area contributed by atoms with E-state index in [0.29, 0.717) is 12.0 Å². The Morgan fingerprint density at radius 2 is 2.00 bits per heavy atom. The van der Waals surface area contributed by atoms with Crippen LogP contribution in [0.15, 0.2) is 18.2 Å². The van der Waals surface area contributed by atoms with E-state index in [9.17, 15) is 13.2 Å². The van der Waals surface area contributed by atoms with Gasteiger partial charge in [0.1, 0.15) is 5.75 Å². The zero-order valence-corrected chi connectivity index (χ0v) is 9.27. The summed E-state index contributed by atoms with van der Waals surface area (Å²) >= 11 is 0. The molecule has 0 spiro atoms. The maximum absolute atomic E-state index is 12.2. The third kappa shape index (κ3) is 3.15. The lowest BCUT2D eigenvalue weighted by atomic mass is 9.95. The maximum Gasteiger partial charge on any atom is 0.573 e. The Hall–Kier alpha value is -1.19. The molecule has 89 valence electrons. The van der Waals surface area contributed by atoms with Crippen LogP contribution in [0.2, 0.25) is 0 Å². The highest BCUT2D eigenvalue weighted by Gasteiger charge is 2.32. The maximum atomic E-state index is 12.2. The van der Waals surface area contributed by atoms with E-state index in [4.69, 9.17) is 0 Å². The third-order valence-corrected chi connectivity index (χ3v) is 2.28. The number of hydrogen-bond donors (Lipinski definition) is 0. The standard InChI is InChI=1S/C12H14F3O/c1-4-9-10(8(2)3)6-5-7-11(9)16-12(13,14)15/h5-8H,2,4H2,1,3H3. The van der Waals surface area contributed by atoms with E-state index in [1.54, 1.807) is 19.1 Å². The molecule has 0 N–H and O–H groups in total. The smallest absolute Gasteiger partial charge is 0.405 e. The van der Waals surface area contributed by atoms with Gasteiger partial charge in [-0.1, -0.05) is 26.0 Å². The van der Waals surface area contributed by atoms with Crippen LogP contribution in [-0.2, 0) is 6.42 Å². The lowest BCUT2D eigenvalue weighted by Gasteiger charge is -2.17. The Bertz CT molecular complexity index is 356. The van der Waals surface area contributed by atoms with Gasteiger partial charge in [0.2, 0.25) is 0 Å². The van der Waals surface area contributed by atoms with Crippen LogP contribution >= 0.6 is 0 Å². The van der Waals surface area contributed by atoms with Crippen molar-refractivity contribution in [1.82, 2.24) is 0 Å². The molecular weight excluding hydrogens is 217 g/mol. The Balaban J connectivity index is 3.14. The van der Waals surface area contributed by atoms with Crippen molar-refractivity contribution < 1.29 is 17.9 Å². The van der Waals surface area contributed by atoms with E-state index in [1.807, 2.05) is 6.92 Å². The van der Waals surface area contributed by atoms with E-state index in [2.05, 4.69) is 11.7 Å². The van der Waals surface area contributed by atoms with Crippen LogP contribution in [0.1, 0.15) is 30.9 Å². The van der Waals surface area contributed by atoms with E-state index < -0.39 is 6.36 Å². The largest absolute Gasteiger partial charge is 0.573 e. The van der Waals surface area contributed by atoms with Gasteiger partial charge in [0.25, 0.3) is 0 Å². The normalized spacial score (nSPS) is 11.9. The van der Waals surface area contributed by atoms with Crippen LogP contribution in [0.3, 0.4) is 0 Å². The van der Waals surface area contributed by atoms with Gasteiger partial charge in [-0.2, -0.15) is 0 Å². The fourth-order valence-electron chi connectivity index (χ4n) is 1.64. The summed E-state index contributed by atoms with van der Waals surface area (Å²) in [5, 5.41) is 0. The molecule has 0 aliphatic heterocycles. The average Bonchev–Trinajstić information content (AvgIpc) is 2.14. The minimum absolute atomic E-state index is 0.0632. The molecule has 1 aromatic rings. The topological polar surface area (TPSA) is 9.23 Å². The average molecular weight is 231 g/mol. The van der Waals surface area contributed by atoms with Crippen molar-refractivity contribution in [3.8, 4) is 5.75 Å². The Morgan fingerprint density at radius 1 is 1.38 bits per heavy atom. The van der Waals surface area contributed by atoms with Crippen LogP contribution in [0, 0.1) is 6.92 Å². The third-order valence-electron chi connectivity index (χ3n) is 2.28. The van der Waals surface area contributed by atoms with Gasteiger partial charge in [-0.05, 0) is 36.5 Å². The highest BCUT2D eigenvalue weighted by molar-refractivity contribution is 5.42. The molecule has 0 saturated carbocycles. The van der Waals surface area contributed by atoms with Crippen molar-refractivity contribution in [2.24, 2.45) is 0 Å². The summed E-state index contributed by atoms with van der Waals surface area (Å²) in [5.41, 5.74) is 1.37. The van der Waals surface area contributed by atoms with Crippen molar-refractivity contribution >= 4 is 0 Å². The molecule has 1 radical (unpaired) electrons. The van der Waals surface area contributed by atoms with Crippen LogP contribution in [0.5, 0.6) is 5.75 Å². The predicted octanol–water partition coefficient (Wildman–Crippen LogP) is 4.09. The monoisotopic (exact) mass is 231 g/mol. The first-order chi connectivity index (χ1) is 7.35. The summed E-state index contributed by atoms with van der Waals surface area (Å²) in [4.78, 5) is 0. The molecule has 0 aliphatic rings. The molecule has 16 heavy (non-hydrogen) atoms. The van der Waals surface area contributed by atoms with Gasteiger partial charge in [0, 0.05) is 0 Å². The van der Waals surface area contributed by atoms with Gasteiger partial charge in [0.15, 0.2) is 0 Å². The van der Waals surface area contributed by atoms with Crippen molar-refractivity contribution in [3.63, 3.8) is 0 Å². The van der Waals surface area contributed by atoms with Crippen molar-refractivity contribution in [1.29, 1.82) is 0 Å². The van der Waals surface area contributed by atoms with Gasteiger partial charge in [-0.15, -0.1) is 13.2 Å². The van der Waals surface area contributed by atoms with E-state index in [1.165, 1.54) is 6.07 Å². The fourth-order valence-corrected chi connectivity index (χ4v) is 1.64. The number of ether oxygens (including phenoxy) is 1. The molecule has 1 unspecified atom stereocenters. The molecule has 1 rings (SSSR count). The SMILES string of the molecule is [CH2]C(C)c1cccc(OC(F)(F)F)c1CC. The molecule has 0 saturated heterocycles. The summed E-state index contributed by atoms with van der Waals surface area (Å²) in [6.07, 6.45) is -4.16. The molecular formula is C12H14F3O. The molecule has 0 heterocycles. The zero-order valence-electron chi connectivity index (χ0n) is 9.27. The van der Waals surface area contributed by atoms with Gasteiger partial charge in [-0.25, -0.2) is 0 Å². The molecule has 0 aliphatic carbocycles. The number of hydrogen-bond acceptors (Lipinski definition) is 1.